The van der Waals surface area contributed by atoms with Crippen molar-refractivity contribution in [3.05, 3.63) is 59.7 Å². The molecular formula is C24H30N4O2. The van der Waals surface area contributed by atoms with Crippen molar-refractivity contribution in [1.82, 2.24) is 10.2 Å². The van der Waals surface area contributed by atoms with Crippen LogP contribution in [0.25, 0.3) is 0 Å². The molecule has 6 heteroatoms. The van der Waals surface area contributed by atoms with E-state index in [0.717, 1.165) is 32.5 Å². The summed E-state index contributed by atoms with van der Waals surface area (Å²) in [5.74, 6) is -1.23. The van der Waals surface area contributed by atoms with E-state index in [0.29, 0.717) is 12.2 Å². The molecule has 30 heavy (non-hydrogen) atoms. The van der Waals surface area contributed by atoms with Crippen molar-refractivity contribution in [3.63, 3.8) is 0 Å². The van der Waals surface area contributed by atoms with E-state index >= 15 is 0 Å². The van der Waals surface area contributed by atoms with Crippen LogP contribution in [0, 0.1) is 0 Å². The van der Waals surface area contributed by atoms with Crippen molar-refractivity contribution < 1.29 is 9.59 Å². The lowest BCUT2D eigenvalue weighted by Crippen LogP contribution is -2.41. The number of likely N-dealkylation sites (tertiary alicyclic amines) is 1. The first kappa shape index (κ1) is 20.4. The van der Waals surface area contributed by atoms with E-state index in [2.05, 4.69) is 45.7 Å². The maximum absolute atomic E-state index is 12.4. The van der Waals surface area contributed by atoms with E-state index in [9.17, 15) is 9.59 Å². The number of para-hydroxylation sites is 1. The molecule has 6 nitrogen and oxygen atoms in total. The molecule has 1 fully saturated rings. The maximum atomic E-state index is 12.4. The molecule has 0 bridgehead atoms. The van der Waals surface area contributed by atoms with Gasteiger partial charge in [-0.05, 0) is 68.1 Å². The van der Waals surface area contributed by atoms with Gasteiger partial charge in [0.05, 0.1) is 6.04 Å². The topological polar surface area (TPSA) is 64.7 Å². The second kappa shape index (κ2) is 9.30. The van der Waals surface area contributed by atoms with E-state index < -0.39 is 11.8 Å². The summed E-state index contributed by atoms with van der Waals surface area (Å²) in [6.45, 7) is 3.56. The Morgan fingerprint density at radius 3 is 2.50 bits per heavy atom. The first-order chi connectivity index (χ1) is 14.6. The molecule has 2 aliphatic heterocycles. The molecule has 1 atom stereocenters. The standard InChI is InChI=1S/C24H30N4O2/c1-27-13-7-8-18-16-19(11-12-21(18)27)22(28-14-5-6-15-28)17-25-23(29)24(30)26-20-9-3-2-4-10-20/h2-4,9-12,16,22H,5-8,13-15,17H2,1H3,(H,25,29)(H,26,30)/t22-/m0/s1. The van der Waals surface area contributed by atoms with Gasteiger partial charge in [0.15, 0.2) is 0 Å². The highest BCUT2D eigenvalue weighted by molar-refractivity contribution is 6.39. The van der Waals surface area contributed by atoms with Crippen LogP contribution in [-0.2, 0) is 16.0 Å². The SMILES string of the molecule is CN1CCCc2cc([C@H](CNC(=O)C(=O)Nc3ccccc3)N3CCCC3)ccc21. The molecule has 2 aromatic carbocycles. The van der Waals surface area contributed by atoms with Gasteiger partial charge in [0.1, 0.15) is 0 Å². The molecule has 4 rings (SSSR count). The predicted octanol–water partition coefficient (Wildman–Crippen LogP) is 2.96. The minimum atomic E-state index is -0.631. The summed E-state index contributed by atoms with van der Waals surface area (Å²) < 4.78 is 0. The monoisotopic (exact) mass is 406 g/mol. The molecule has 158 valence electrons. The van der Waals surface area contributed by atoms with Crippen LogP contribution in [0.5, 0.6) is 0 Å². The summed E-state index contributed by atoms with van der Waals surface area (Å²) in [7, 11) is 2.14. The number of nitrogens with one attached hydrogen (secondary N) is 2. The number of carbonyl (C=O) groups excluding carboxylic acids is 2. The summed E-state index contributed by atoms with van der Waals surface area (Å²) >= 11 is 0. The molecule has 2 amide bonds. The average molecular weight is 407 g/mol. The lowest BCUT2D eigenvalue weighted by Gasteiger charge is -2.31. The van der Waals surface area contributed by atoms with Gasteiger partial charge in [-0.15, -0.1) is 0 Å². The Labute approximate surface area is 178 Å². The van der Waals surface area contributed by atoms with Gasteiger partial charge >= 0.3 is 11.8 Å². The minimum Gasteiger partial charge on any atom is -0.374 e. The number of fused-ring (bicyclic) bond motifs is 1. The van der Waals surface area contributed by atoms with Gasteiger partial charge in [-0.25, -0.2) is 0 Å². The van der Waals surface area contributed by atoms with E-state index in [1.807, 2.05) is 18.2 Å². The molecule has 2 N–H and O–H groups in total. The minimum absolute atomic E-state index is 0.0820. The molecule has 2 aliphatic rings. The van der Waals surface area contributed by atoms with Crippen LogP contribution in [0.2, 0.25) is 0 Å². The summed E-state index contributed by atoms with van der Waals surface area (Å²) in [5, 5.41) is 5.51. The zero-order valence-electron chi connectivity index (χ0n) is 17.6. The number of amides is 2. The highest BCUT2D eigenvalue weighted by Gasteiger charge is 2.26. The Morgan fingerprint density at radius 1 is 0.967 bits per heavy atom. The molecule has 0 aliphatic carbocycles. The number of aryl methyl sites for hydroxylation is 1. The van der Waals surface area contributed by atoms with Gasteiger partial charge in [-0.3, -0.25) is 14.5 Å². The van der Waals surface area contributed by atoms with Crippen LogP contribution in [0.4, 0.5) is 11.4 Å². The smallest absolute Gasteiger partial charge is 0.313 e. The fourth-order valence-electron chi connectivity index (χ4n) is 4.50. The molecule has 0 radical (unpaired) electrons. The molecule has 0 saturated carbocycles. The zero-order chi connectivity index (χ0) is 20.9. The van der Waals surface area contributed by atoms with E-state index in [4.69, 9.17) is 0 Å². The molecule has 0 unspecified atom stereocenters. The third kappa shape index (κ3) is 4.65. The van der Waals surface area contributed by atoms with Gasteiger partial charge in [0, 0.05) is 31.5 Å². The zero-order valence-corrected chi connectivity index (χ0v) is 17.6. The predicted molar refractivity (Wildman–Crippen MR) is 120 cm³/mol. The number of nitrogens with zero attached hydrogens (tertiary/aromatic N) is 2. The van der Waals surface area contributed by atoms with Gasteiger partial charge in [-0.2, -0.15) is 0 Å². The van der Waals surface area contributed by atoms with Crippen molar-refractivity contribution in [2.45, 2.75) is 31.7 Å². The number of carbonyl (C=O) groups is 2. The second-order valence-corrected chi connectivity index (χ2v) is 8.20. The third-order valence-electron chi connectivity index (χ3n) is 6.11. The van der Waals surface area contributed by atoms with E-state index in [-0.39, 0.29) is 6.04 Å². The number of anilines is 2. The lowest BCUT2D eigenvalue weighted by molar-refractivity contribution is -0.136. The molecule has 1 saturated heterocycles. The first-order valence-corrected chi connectivity index (χ1v) is 10.8. The van der Waals surface area contributed by atoms with E-state index in [1.54, 1.807) is 12.1 Å². The molecule has 0 spiro atoms. The Balaban J connectivity index is 1.45. The Hall–Kier alpha value is -2.86. The van der Waals surface area contributed by atoms with Crippen LogP contribution in [0.3, 0.4) is 0 Å². The molecule has 2 aromatic rings. The summed E-state index contributed by atoms with van der Waals surface area (Å²) in [5.41, 5.74) is 4.51. The lowest BCUT2D eigenvalue weighted by atomic mass is 9.96. The van der Waals surface area contributed by atoms with Crippen LogP contribution in [0.15, 0.2) is 48.5 Å². The normalized spacial score (nSPS) is 17.3. The third-order valence-corrected chi connectivity index (χ3v) is 6.11. The Bertz CT molecular complexity index is 893. The van der Waals surface area contributed by atoms with Crippen molar-refractivity contribution in [2.24, 2.45) is 0 Å². The number of benzene rings is 2. The van der Waals surface area contributed by atoms with Crippen LogP contribution >= 0.6 is 0 Å². The summed E-state index contributed by atoms with van der Waals surface area (Å²) in [4.78, 5) is 29.4. The fraction of sp³-hybridized carbons (Fsp3) is 0.417. The molecule has 2 heterocycles. The van der Waals surface area contributed by atoms with Crippen molar-refractivity contribution >= 4 is 23.2 Å². The average Bonchev–Trinajstić information content (AvgIpc) is 3.29. The Morgan fingerprint density at radius 2 is 1.73 bits per heavy atom. The largest absolute Gasteiger partial charge is 0.374 e. The summed E-state index contributed by atoms with van der Waals surface area (Å²) in [6.07, 6.45) is 4.60. The van der Waals surface area contributed by atoms with Crippen molar-refractivity contribution in [2.75, 3.05) is 43.4 Å². The molecule has 0 aromatic heterocycles. The Kier molecular flexibility index (Phi) is 6.33. The van der Waals surface area contributed by atoms with Crippen LogP contribution in [0.1, 0.15) is 36.4 Å². The second-order valence-electron chi connectivity index (χ2n) is 8.20. The highest BCUT2D eigenvalue weighted by atomic mass is 16.2. The van der Waals surface area contributed by atoms with Gasteiger partial charge < -0.3 is 15.5 Å². The van der Waals surface area contributed by atoms with E-state index in [1.165, 1.54) is 29.7 Å². The van der Waals surface area contributed by atoms with Gasteiger partial charge in [0.2, 0.25) is 0 Å². The van der Waals surface area contributed by atoms with Gasteiger partial charge in [-0.1, -0.05) is 30.3 Å². The van der Waals surface area contributed by atoms with Gasteiger partial charge in [0.25, 0.3) is 0 Å². The first-order valence-electron chi connectivity index (χ1n) is 10.8. The highest BCUT2D eigenvalue weighted by Crippen LogP contribution is 2.31. The molecular weight excluding hydrogens is 376 g/mol. The number of rotatable bonds is 5. The maximum Gasteiger partial charge on any atom is 0.313 e. The number of hydrogen-bond donors (Lipinski definition) is 2. The van der Waals surface area contributed by atoms with Crippen LogP contribution in [-0.4, -0.2) is 49.9 Å². The summed E-state index contributed by atoms with van der Waals surface area (Å²) in [6, 6.07) is 15.8. The van der Waals surface area contributed by atoms with Crippen LogP contribution < -0.4 is 15.5 Å². The number of hydrogen-bond acceptors (Lipinski definition) is 4. The van der Waals surface area contributed by atoms with Crippen molar-refractivity contribution in [3.8, 4) is 0 Å². The van der Waals surface area contributed by atoms with Crippen molar-refractivity contribution in [1.29, 1.82) is 0 Å². The quantitative estimate of drug-likeness (QED) is 0.750. The fourth-order valence-corrected chi connectivity index (χ4v) is 4.50.